The second kappa shape index (κ2) is 17.1. The number of phenols is 2. The van der Waals surface area contributed by atoms with E-state index in [2.05, 4.69) is 144 Å². The molecule has 2 N–H and O–H groups in total. The van der Waals surface area contributed by atoms with Crippen molar-refractivity contribution >= 4 is 0 Å². The zero-order valence-electron chi connectivity index (χ0n) is 37.3. The van der Waals surface area contributed by atoms with Gasteiger partial charge in [0.05, 0.1) is 25.4 Å². The van der Waals surface area contributed by atoms with Crippen LogP contribution in [-0.4, -0.2) is 23.4 Å². The highest BCUT2D eigenvalue weighted by Crippen LogP contribution is 2.44. The van der Waals surface area contributed by atoms with Crippen LogP contribution in [0, 0.1) is 22.7 Å². The van der Waals surface area contributed by atoms with Crippen LogP contribution in [0.1, 0.15) is 176 Å². The molecule has 4 aromatic carbocycles. The molecule has 58 heavy (non-hydrogen) atoms. The molecule has 6 nitrogen and oxygen atoms in total. The lowest BCUT2D eigenvalue weighted by Gasteiger charge is -2.28. The average molecular weight is 783 g/mol. The lowest BCUT2D eigenvalue weighted by atomic mass is 9.79. The van der Waals surface area contributed by atoms with Gasteiger partial charge in [0.2, 0.25) is 0 Å². The molecule has 4 aromatic rings. The largest absolute Gasteiger partial charge is 0.507 e. The van der Waals surface area contributed by atoms with Crippen molar-refractivity contribution in [2.24, 2.45) is 0 Å². The van der Waals surface area contributed by atoms with Crippen LogP contribution in [-0.2, 0) is 47.3 Å². The number of ether oxygens (including phenoxy) is 2. The van der Waals surface area contributed by atoms with Crippen molar-refractivity contribution in [2.45, 2.75) is 156 Å². The Balaban J connectivity index is 1.92. The average Bonchev–Trinajstić information content (AvgIpc) is 3.11. The van der Waals surface area contributed by atoms with E-state index in [1.165, 1.54) is 0 Å². The van der Waals surface area contributed by atoms with Gasteiger partial charge in [-0.05, 0) is 101 Å². The van der Waals surface area contributed by atoms with Gasteiger partial charge in [-0.2, -0.15) is 10.5 Å². The lowest BCUT2D eigenvalue weighted by molar-refractivity contribution is 0.306. The summed E-state index contributed by atoms with van der Waals surface area (Å²) in [6.45, 7) is 27.2. The fraction of sp³-hybridized carbons (Fsp3) is 0.500. The van der Waals surface area contributed by atoms with Crippen molar-refractivity contribution < 1.29 is 19.7 Å². The van der Waals surface area contributed by atoms with Crippen molar-refractivity contribution in [1.29, 1.82) is 10.5 Å². The Morgan fingerprint density at radius 3 is 0.862 bits per heavy atom. The molecule has 1 aliphatic rings. The molecule has 0 aromatic heterocycles. The molecule has 1 aliphatic carbocycles. The maximum Gasteiger partial charge on any atom is 0.126 e. The fourth-order valence-corrected chi connectivity index (χ4v) is 7.67. The second-order valence-corrected chi connectivity index (χ2v) is 20.5. The maximum atomic E-state index is 12.4. The molecule has 0 heterocycles. The Kier molecular flexibility index (Phi) is 13.0. The number of rotatable bonds is 8. The Morgan fingerprint density at radius 1 is 0.431 bits per heavy atom. The lowest BCUT2D eigenvalue weighted by Crippen LogP contribution is -2.17. The summed E-state index contributed by atoms with van der Waals surface area (Å²) in [5, 5.41) is 43.5. The Bertz CT molecular complexity index is 1970. The summed E-state index contributed by atoms with van der Waals surface area (Å²) < 4.78 is 13.4. The zero-order valence-corrected chi connectivity index (χ0v) is 37.3. The topological polar surface area (TPSA) is 106 Å². The number of aromatic hydroxyl groups is 2. The van der Waals surface area contributed by atoms with E-state index in [4.69, 9.17) is 9.47 Å². The Labute approximate surface area is 348 Å². The molecule has 0 radical (unpaired) electrons. The van der Waals surface area contributed by atoms with Gasteiger partial charge in [0.25, 0.3) is 0 Å². The molecule has 0 unspecified atom stereocenters. The number of nitrogens with zero attached hydrogens (tertiary/aromatic N) is 2. The molecule has 0 amide bonds. The highest BCUT2D eigenvalue weighted by atomic mass is 16.5. The van der Waals surface area contributed by atoms with Crippen molar-refractivity contribution in [2.75, 3.05) is 13.2 Å². The van der Waals surface area contributed by atoms with Crippen molar-refractivity contribution in [1.82, 2.24) is 0 Å². The van der Waals surface area contributed by atoms with Crippen molar-refractivity contribution in [3.8, 4) is 35.1 Å². The number of fused-ring (bicyclic) bond motifs is 8. The van der Waals surface area contributed by atoms with E-state index in [-0.39, 0.29) is 33.2 Å². The third kappa shape index (κ3) is 10.4. The minimum Gasteiger partial charge on any atom is -0.507 e. The van der Waals surface area contributed by atoms with Crippen LogP contribution in [0.4, 0.5) is 0 Å². The third-order valence-electron chi connectivity index (χ3n) is 11.4. The van der Waals surface area contributed by atoms with E-state index >= 15 is 0 Å². The van der Waals surface area contributed by atoms with Gasteiger partial charge in [-0.1, -0.05) is 132 Å². The Morgan fingerprint density at radius 2 is 0.655 bits per heavy atom. The van der Waals surface area contributed by atoms with Crippen molar-refractivity contribution in [3.63, 3.8) is 0 Å². The summed E-state index contributed by atoms with van der Waals surface area (Å²) in [6, 6.07) is 22.0. The van der Waals surface area contributed by atoms with Crippen LogP contribution < -0.4 is 9.47 Å². The summed E-state index contributed by atoms with van der Waals surface area (Å²) in [6.07, 6.45) is 3.68. The number of unbranched alkanes of at least 4 members (excludes halogenated alkanes) is 2. The third-order valence-corrected chi connectivity index (χ3v) is 11.4. The fourth-order valence-electron chi connectivity index (χ4n) is 7.67. The monoisotopic (exact) mass is 783 g/mol. The molecular weight excluding hydrogens is 717 g/mol. The van der Waals surface area contributed by atoms with Crippen LogP contribution in [0.5, 0.6) is 23.0 Å². The van der Waals surface area contributed by atoms with Gasteiger partial charge in [-0.3, -0.25) is 0 Å². The molecule has 0 saturated heterocycles. The van der Waals surface area contributed by atoms with E-state index in [9.17, 15) is 20.7 Å². The molecule has 8 bridgehead atoms. The normalized spacial score (nSPS) is 13.4. The first-order valence-corrected chi connectivity index (χ1v) is 21.0. The summed E-state index contributed by atoms with van der Waals surface area (Å²) in [4.78, 5) is 0. The first-order chi connectivity index (χ1) is 27.0. The minimum atomic E-state index is -0.201. The first-order valence-electron chi connectivity index (χ1n) is 21.0. The molecule has 0 saturated carbocycles. The molecule has 0 fully saturated rings. The highest BCUT2D eigenvalue weighted by molar-refractivity contribution is 5.59. The quantitative estimate of drug-likeness (QED) is 0.152. The molecular formula is C52H66N2O4. The van der Waals surface area contributed by atoms with Gasteiger partial charge >= 0.3 is 0 Å². The minimum absolute atomic E-state index is 0.193. The van der Waals surface area contributed by atoms with Gasteiger partial charge in [0.15, 0.2) is 0 Å². The summed E-state index contributed by atoms with van der Waals surface area (Å²) in [5.41, 5.74) is 10.9. The molecule has 308 valence electrons. The number of nitriles is 2. The Hall–Kier alpha value is -4.94. The van der Waals surface area contributed by atoms with Gasteiger partial charge < -0.3 is 19.7 Å². The van der Waals surface area contributed by atoms with Gasteiger partial charge in [0.1, 0.15) is 23.0 Å². The van der Waals surface area contributed by atoms with E-state index in [1.54, 1.807) is 0 Å². The highest BCUT2D eigenvalue weighted by Gasteiger charge is 2.28. The number of hydrogen-bond acceptors (Lipinski definition) is 6. The number of phenolic OH excluding ortho intramolecular Hbond substituents is 2. The molecule has 0 aliphatic heterocycles. The van der Waals surface area contributed by atoms with E-state index in [0.29, 0.717) is 64.6 Å². The van der Waals surface area contributed by atoms with Crippen LogP contribution in [0.3, 0.4) is 0 Å². The second-order valence-electron chi connectivity index (χ2n) is 20.5. The predicted molar refractivity (Wildman–Crippen MR) is 236 cm³/mol. The van der Waals surface area contributed by atoms with E-state index in [1.807, 2.05) is 0 Å². The van der Waals surface area contributed by atoms with Crippen LogP contribution in [0.2, 0.25) is 0 Å². The van der Waals surface area contributed by atoms with Crippen LogP contribution in [0.15, 0.2) is 48.5 Å². The van der Waals surface area contributed by atoms with E-state index in [0.717, 1.165) is 78.3 Å². The molecule has 0 spiro atoms. The smallest absolute Gasteiger partial charge is 0.126 e. The van der Waals surface area contributed by atoms with Crippen LogP contribution >= 0.6 is 0 Å². The number of hydrogen-bond donors (Lipinski definition) is 2. The zero-order chi connectivity index (χ0) is 42.8. The van der Waals surface area contributed by atoms with Gasteiger partial charge in [-0.25, -0.2) is 0 Å². The predicted octanol–water partition coefficient (Wildman–Crippen LogP) is 12.3. The standard InChI is InChI=1S/C52H66N2O4/c1-49(2,3)41-25-33-21-37-29-43(51(7,8)9)31-39(47(37)57-19-15-13-17-53)23-35-27-42(50(4,5)6)28-36(46(35)56)24-40-32-44(52(10,11)12)30-38(22-34(26-41)45(33)55)48(40)58-20-16-14-18-54/h25-32,55-56H,13-16,19-24H2,1-12H3. The number of benzene rings is 4. The van der Waals surface area contributed by atoms with E-state index < -0.39 is 0 Å². The maximum absolute atomic E-state index is 12.4. The van der Waals surface area contributed by atoms with Gasteiger partial charge in [0, 0.05) is 38.5 Å². The summed E-state index contributed by atoms with van der Waals surface area (Å²) >= 11 is 0. The van der Waals surface area contributed by atoms with Crippen LogP contribution in [0.25, 0.3) is 0 Å². The molecule has 5 rings (SSSR count). The van der Waals surface area contributed by atoms with Gasteiger partial charge in [-0.15, -0.1) is 0 Å². The summed E-state index contributed by atoms with van der Waals surface area (Å²) in [5.74, 6) is 2.01. The van der Waals surface area contributed by atoms with Crippen molar-refractivity contribution in [3.05, 3.63) is 115 Å². The summed E-state index contributed by atoms with van der Waals surface area (Å²) in [7, 11) is 0. The SMILES string of the molecule is CC(C)(C)c1cc2c(O)c(c1)Cc1cc(C(C)(C)C)cc(c1OCCCC#N)Cc1cc(C(C)(C)C)cc(c1O)Cc1cc(C(C)(C)C)cc(c1OCCCC#N)C2. The molecule has 0 atom stereocenters. The first kappa shape index (κ1) is 44.2. The molecule has 6 heteroatoms.